The van der Waals surface area contributed by atoms with Crippen LogP contribution in [0.2, 0.25) is 10.2 Å². The molecular formula is C22H15Cl2F4NO4. The van der Waals surface area contributed by atoms with E-state index in [4.69, 9.17) is 33.0 Å². The fourth-order valence-corrected chi connectivity index (χ4v) is 3.80. The molecule has 0 aliphatic heterocycles. The highest BCUT2D eigenvalue weighted by molar-refractivity contribution is 6.31. The Morgan fingerprint density at radius 1 is 1.09 bits per heavy atom. The Morgan fingerprint density at radius 2 is 1.79 bits per heavy atom. The van der Waals surface area contributed by atoms with Crippen LogP contribution in [0.1, 0.15) is 34.3 Å². The molecule has 0 radical (unpaired) electrons. The van der Waals surface area contributed by atoms with Gasteiger partial charge in [0.1, 0.15) is 10.9 Å². The molecule has 0 aliphatic carbocycles. The lowest BCUT2D eigenvalue weighted by molar-refractivity contribution is -0.274. The summed E-state index contributed by atoms with van der Waals surface area (Å²) in [6.45, 7) is 1.15. The second kappa shape index (κ2) is 9.17. The number of nitrogens with zero attached hydrogens (tertiary/aromatic N) is 1. The molecule has 0 bridgehead atoms. The summed E-state index contributed by atoms with van der Waals surface area (Å²) in [5, 5.41) is 19.3. The fraction of sp³-hybridized carbons (Fsp3) is 0.182. The minimum atomic E-state index is -5.09. The molecule has 0 spiro atoms. The first-order valence-corrected chi connectivity index (χ1v) is 10.0. The van der Waals surface area contributed by atoms with Gasteiger partial charge in [-0.1, -0.05) is 36.2 Å². The van der Waals surface area contributed by atoms with Crippen molar-refractivity contribution in [3.8, 4) is 11.5 Å². The maximum Gasteiger partial charge on any atom is 0.422 e. The van der Waals surface area contributed by atoms with Crippen LogP contribution in [0.15, 0.2) is 54.7 Å². The van der Waals surface area contributed by atoms with Crippen molar-refractivity contribution in [2.24, 2.45) is 0 Å². The Hall–Kier alpha value is -2.88. The van der Waals surface area contributed by atoms with E-state index in [1.165, 1.54) is 12.1 Å². The Bertz CT molecular complexity index is 1210. The third-order valence-electron chi connectivity index (χ3n) is 5.07. The predicted molar refractivity (Wildman–Crippen MR) is 112 cm³/mol. The zero-order valence-electron chi connectivity index (χ0n) is 16.7. The van der Waals surface area contributed by atoms with Gasteiger partial charge in [-0.25, -0.2) is 14.2 Å². The molecule has 0 amide bonds. The van der Waals surface area contributed by atoms with Crippen molar-refractivity contribution in [1.82, 2.24) is 4.98 Å². The first-order chi connectivity index (χ1) is 15.3. The third kappa shape index (κ3) is 4.90. The van der Waals surface area contributed by atoms with E-state index in [-0.39, 0.29) is 32.8 Å². The number of pyridine rings is 1. The number of hydrogen-bond donors (Lipinski definition) is 2. The topological polar surface area (TPSA) is 79.7 Å². The minimum Gasteiger partial charge on any atom is -0.478 e. The highest BCUT2D eigenvalue weighted by Gasteiger charge is 2.59. The van der Waals surface area contributed by atoms with Crippen molar-refractivity contribution >= 4 is 29.2 Å². The van der Waals surface area contributed by atoms with Crippen LogP contribution in [0.25, 0.3) is 0 Å². The number of benzene rings is 2. The Labute approximate surface area is 195 Å². The van der Waals surface area contributed by atoms with Gasteiger partial charge < -0.3 is 14.9 Å². The molecule has 1 aromatic heterocycles. The lowest BCUT2D eigenvalue weighted by atomic mass is 9.78. The van der Waals surface area contributed by atoms with Gasteiger partial charge in [0.25, 0.3) is 0 Å². The van der Waals surface area contributed by atoms with Crippen molar-refractivity contribution in [2.75, 3.05) is 0 Å². The number of carboxylic acids is 1. The van der Waals surface area contributed by atoms with Gasteiger partial charge in [0, 0.05) is 17.1 Å². The number of rotatable bonds is 6. The standard InChI is InChI=1S/C22H15Cl2F4NO4/c1-11(21(32,22(26,27)28)13-6-7-29-19(24)9-13)15-4-3-14(10-16(15)23)33-18-5-2-12(20(30)31)8-17(18)25/h2-11,32H,1H3,(H,30,31). The highest BCUT2D eigenvalue weighted by atomic mass is 35.5. The van der Waals surface area contributed by atoms with E-state index in [1.54, 1.807) is 0 Å². The maximum atomic E-state index is 14.1. The summed E-state index contributed by atoms with van der Waals surface area (Å²) in [6.07, 6.45) is -4.05. The van der Waals surface area contributed by atoms with Crippen LogP contribution >= 0.6 is 23.2 Å². The zero-order valence-corrected chi connectivity index (χ0v) is 18.2. The smallest absolute Gasteiger partial charge is 0.422 e. The van der Waals surface area contributed by atoms with Gasteiger partial charge in [-0.05, 0) is 53.6 Å². The lowest BCUT2D eigenvalue weighted by Gasteiger charge is -2.37. The number of alkyl halides is 3. The largest absolute Gasteiger partial charge is 0.478 e. The maximum absolute atomic E-state index is 14.1. The van der Waals surface area contributed by atoms with Crippen LogP contribution in [0, 0.1) is 5.82 Å². The predicted octanol–water partition coefficient (Wildman–Crippen LogP) is 6.57. The number of aliphatic hydroxyl groups is 1. The highest BCUT2D eigenvalue weighted by Crippen LogP contribution is 2.50. The molecule has 2 atom stereocenters. The normalized spacial score (nSPS) is 14.4. The Kier molecular flexibility index (Phi) is 6.88. The number of aromatic carboxylic acids is 1. The molecule has 11 heteroatoms. The number of halogens is 6. The van der Waals surface area contributed by atoms with Crippen molar-refractivity contribution in [1.29, 1.82) is 0 Å². The molecule has 5 nitrogen and oxygen atoms in total. The number of hydrogen-bond acceptors (Lipinski definition) is 4. The van der Waals surface area contributed by atoms with E-state index in [0.29, 0.717) is 0 Å². The summed E-state index contributed by atoms with van der Waals surface area (Å²) >= 11 is 11.9. The van der Waals surface area contributed by atoms with Crippen LogP contribution in [-0.2, 0) is 5.60 Å². The summed E-state index contributed by atoms with van der Waals surface area (Å²) < 4.78 is 61.5. The lowest BCUT2D eigenvalue weighted by Crippen LogP contribution is -2.46. The average Bonchev–Trinajstić information content (AvgIpc) is 2.73. The number of ether oxygens (including phenoxy) is 1. The first-order valence-electron chi connectivity index (χ1n) is 9.26. The molecule has 2 unspecified atom stereocenters. The Morgan fingerprint density at radius 3 is 2.33 bits per heavy atom. The molecule has 0 fully saturated rings. The molecule has 2 aromatic carbocycles. The van der Waals surface area contributed by atoms with E-state index >= 15 is 0 Å². The van der Waals surface area contributed by atoms with Gasteiger partial charge in [-0.2, -0.15) is 13.2 Å². The summed E-state index contributed by atoms with van der Waals surface area (Å²) in [7, 11) is 0. The van der Waals surface area contributed by atoms with E-state index in [0.717, 1.165) is 49.5 Å². The molecule has 0 saturated carbocycles. The molecule has 0 saturated heterocycles. The first kappa shape index (κ1) is 24.8. The molecule has 1 heterocycles. The van der Waals surface area contributed by atoms with Gasteiger partial charge >= 0.3 is 12.1 Å². The zero-order chi connectivity index (χ0) is 24.6. The third-order valence-corrected chi connectivity index (χ3v) is 5.60. The van der Waals surface area contributed by atoms with Crippen molar-refractivity contribution in [3.05, 3.63) is 87.4 Å². The van der Waals surface area contributed by atoms with Crippen molar-refractivity contribution < 1.29 is 37.3 Å². The van der Waals surface area contributed by atoms with Gasteiger partial charge in [-0.3, -0.25) is 0 Å². The van der Waals surface area contributed by atoms with Crippen molar-refractivity contribution in [3.63, 3.8) is 0 Å². The molecule has 33 heavy (non-hydrogen) atoms. The van der Waals surface area contributed by atoms with Gasteiger partial charge in [0.2, 0.25) is 0 Å². The van der Waals surface area contributed by atoms with Gasteiger partial charge in [0.05, 0.1) is 5.56 Å². The van der Waals surface area contributed by atoms with Crippen LogP contribution in [-0.4, -0.2) is 27.3 Å². The van der Waals surface area contributed by atoms with E-state index in [2.05, 4.69) is 4.98 Å². The van der Waals surface area contributed by atoms with Crippen LogP contribution in [0.4, 0.5) is 17.6 Å². The number of carboxylic acid groups (broad SMARTS) is 1. The van der Waals surface area contributed by atoms with Gasteiger partial charge in [-0.15, -0.1) is 0 Å². The average molecular weight is 504 g/mol. The Balaban J connectivity index is 1.96. The van der Waals surface area contributed by atoms with E-state index in [9.17, 15) is 27.5 Å². The van der Waals surface area contributed by atoms with Crippen molar-refractivity contribution in [2.45, 2.75) is 24.6 Å². The summed E-state index contributed by atoms with van der Waals surface area (Å²) in [4.78, 5) is 14.5. The summed E-state index contributed by atoms with van der Waals surface area (Å²) in [5.41, 5.74) is -4.20. The molecule has 3 rings (SSSR count). The molecule has 3 aromatic rings. The van der Waals surface area contributed by atoms with E-state index in [1.807, 2.05) is 0 Å². The quantitative estimate of drug-likeness (QED) is 0.293. The minimum absolute atomic E-state index is 0.0135. The monoisotopic (exact) mass is 503 g/mol. The number of carbonyl (C=O) groups is 1. The van der Waals surface area contributed by atoms with E-state index < -0.39 is 35.0 Å². The number of aromatic nitrogens is 1. The molecule has 174 valence electrons. The van der Waals surface area contributed by atoms with Gasteiger partial charge in [0.15, 0.2) is 17.2 Å². The molecule has 2 N–H and O–H groups in total. The summed E-state index contributed by atoms with van der Waals surface area (Å²) in [6, 6.07) is 8.53. The van der Waals surface area contributed by atoms with Crippen LogP contribution in [0.5, 0.6) is 11.5 Å². The SMILES string of the molecule is CC(c1ccc(Oc2ccc(C(=O)O)cc2F)cc1Cl)C(O)(c1ccnc(Cl)c1)C(F)(F)F. The van der Waals surface area contributed by atoms with Crippen LogP contribution < -0.4 is 4.74 Å². The second-order valence-electron chi connectivity index (χ2n) is 7.09. The second-order valence-corrected chi connectivity index (χ2v) is 7.88. The van der Waals surface area contributed by atoms with Crippen LogP contribution in [0.3, 0.4) is 0 Å². The fourth-order valence-electron chi connectivity index (χ4n) is 3.29. The summed E-state index contributed by atoms with van der Waals surface area (Å²) in [5.74, 6) is -4.18. The molecule has 0 aliphatic rings. The molecular weight excluding hydrogens is 489 g/mol.